The van der Waals surface area contributed by atoms with Gasteiger partial charge in [-0.2, -0.15) is 13.2 Å². The lowest BCUT2D eigenvalue weighted by atomic mass is 10.1. The summed E-state index contributed by atoms with van der Waals surface area (Å²) >= 11 is 0. The number of nitrogens with zero attached hydrogens (tertiary/aromatic N) is 2. The number of nitro groups is 1. The molecule has 10 heteroatoms. The Morgan fingerprint density at radius 2 is 1.86 bits per heavy atom. The van der Waals surface area contributed by atoms with Gasteiger partial charge in [-0.15, -0.1) is 0 Å². The number of nitrogens with one attached hydrogen (secondary N) is 1. The van der Waals surface area contributed by atoms with E-state index in [-0.39, 0.29) is 16.9 Å². The summed E-state index contributed by atoms with van der Waals surface area (Å²) in [6, 6.07) is 7.04. The van der Waals surface area contributed by atoms with Crippen molar-refractivity contribution in [2.45, 2.75) is 13.1 Å². The topological polar surface area (TPSA) is 84.7 Å². The Bertz CT molecular complexity index is 941. The van der Waals surface area contributed by atoms with Crippen molar-refractivity contribution in [1.82, 2.24) is 0 Å². The van der Waals surface area contributed by atoms with Crippen LogP contribution in [-0.2, 0) is 10.9 Å². The minimum atomic E-state index is -4.58. The first kappa shape index (κ1) is 20.6. The van der Waals surface area contributed by atoms with Gasteiger partial charge in [0.25, 0.3) is 11.6 Å². The zero-order valence-corrected chi connectivity index (χ0v) is 15.5. The van der Waals surface area contributed by atoms with Gasteiger partial charge >= 0.3 is 6.18 Å². The first-order valence-electron chi connectivity index (χ1n) is 8.77. The zero-order chi connectivity index (χ0) is 21.2. The molecule has 0 saturated carbocycles. The number of alkyl halides is 3. The quantitative estimate of drug-likeness (QED) is 0.609. The van der Waals surface area contributed by atoms with Crippen LogP contribution in [-0.4, -0.2) is 37.1 Å². The summed E-state index contributed by atoms with van der Waals surface area (Å²) in [6.45, 7) is 3.29. The van der Waals surface area contributed by atoms with Gasteiger partial charge in [-0.1, -0.05) is 6.07 Å². The second-order valence-corrected chi connectivity index (χ2v) is 6.54. The van der Waals surface area contributed by atoms with E-state index in [1.54, 1.807) is 0 Å². The maximum Gasteiger partial charge on any atom is 0.416 e. The minimum absolute atomic E-state index is 0.0186. The Kier molecular flexibility index (Phi) is 5.73. The maximum absolute atomic E-state index is 13.2. The molecule has 1 saturated heterocycles. The molecule has 2 aromatic carbocycles. The molecule has 29 heavy (non-hydrogen) atoms. The number of nitro benzene ring substituents is 1. The molecule has 0 aromatic heterocycles. The minimum Gasteiger partial charge on any atom is -0.378 e. The van der Waals surface area contributed by atoms with Gasteiger partial charge < -0.3 is 15.0 Å². The average Bonchev–Trinajstić information content (AvgIpc) is 2.68. The Hall–Kier alpha value is -3.14. The van der Waals surface area contributed by atoms with E-state index < -0.39 is 22.6 Å². The van der Waals surface area contributed by atoms with E-state index in [9.17, 15) is 28.1 Å². The van der Waals surface area contributed by atoms with Crippen molar-refractivity contribution in [3.8, 4) is 0 Å². The monoisotopic (exact) mass is 409 g/mol. The summed E-state index contributed by atoms with van der Waals surface area (Å²) in [4.78, 5) is 24.9. The van der Waals surface area contributed by atoms with Gasteiger partial charge in [0.15, 0.2) is 0 Å². The maximum atomic E-state index is 13.2. The van der Waals surface area contributed by atoms with Crippen molar-refractivity contribution >= 4 is 23.0 Å². The Morgan fingerprint density at radius 3 is 2.48 bits per heavy atom. The van der Waals surface area contributed by atoms with Gasteiger partial charge in [0, 0.05) is 30.3 Å². The first-order valence-corrected chi connectivity index (χ1v) is 8.77. The van der Waals surface area contributed by atoms with Crippen LogP contribution in [0.1, 0.15) is 21.5 Å². The molecule has 2 aromatic rings. The molecule has 0 bridgehead atoms. The highest BCUT2D eigenvalue weighted by Crippen LogP contribution is 2.36. The van der Waals surface area contributed by atoms with Gasteiger partial charge in [-0.05, 0) is 31.2 Å². The highest BCUT2D eigenvalue weighted by molar-refractivity contribution is 6.06. The van der Waals surface area contributed by atoms with Crippen LogP contribution >= 0.6 is 0 Å². The van der Waals surface area contributed by atoms with Crippen LogP contribution in [0.25, 0.3) is 0 Å². The van der Waals surface area contributed by atoms with Crippen molar-refractivity contribution in [3.63, 3.8) is 0 Å². The highest BCUT2D eigenvalue weighted by Gasteiger charge is 2.32. The average molecular weight is 409 g/mol. The van der Waals surface area contributed by atoms with Crippen LogP contribution in [0.15, 0.2) is 36.4 Å². The van der Waals surface area contributed by atoms with Crippen LogP contribution in [0.5, 0.6) is 0 Å². The number of aryl methyl sites for hydroxylation is 1. The predicted molar refractivity (Wildman–Crippen MR) is 100 cm³/mol. The number of carbonyl (C=O) groups is 1. The van der Waals surface area contributed by atoms with Gasteiger partial charge in [0.1, 0.15) is 0 Å². The molecule has 0 spiro atoms. The van der Waals surface area contributed by atoms with E-state index in [0.717, 1.165) is 18.2 Å². The third kappa shape index (κ3) is 4.65. The molecule has 1 aliphatic heterocycles. The summed E-state index contributed by atoms with van der Waals surface area (Å²) in [6.07, 6.45) is -4.58. The summed E-state index contributed by atoms with van der Waals surface area (Å²) < 4.78 is 44.8. The fourth-order valence-corrected chi connectivity index (χ4v) is 3.03. The molecule has 0 atom stereocenters. The lowest BCUT2D eigenvalue weighted by molar-refractivity contribution is -0.385. The molecule has 1 heterocycles. The Labute approximate surface area is 164 Å². The fourth-order valence-electron chi connectivity index (χ4n) is 3.03. The molecule has 7 nitrogen and oxygen atoms in total. The van der Waals surface area contributed by atoms with Crippen LogP contribution in [0, 0.1) is 17.0 Å². The SMILES string of the molecule is Cc1ccc(C(=O)Nc2cc(C(F)(F)F)ccc2N2CCOCC2)cc1[N+](=O)[O-]. The number of amides is 1. The lowest BCUT2D eigenvalue weighted by Gasteiger charge is -2.31. The molecule has 1 amide bonds. The number of hydrogen-bond acceptors (Lipinski definition) is 5. The van der Waals surface area contributed by atoms with E-state index in [1.807, 2.05) is 4.90 Å². The lowest BCUT2D eigenvalue weighted by Crippen LogP contribution is -2.36. The van der Waals surface area contributed by atoms with Crippen LogP contribution in [0.2, 0.25) is 0 Å². The highest BCUT2D eigenvalue weighted by atomic mass is 19.4. The summed E-state index contributed by atoms with van der Waals surface area (Å²) in [5.41, 5.74) is -0.381. The molecule has 1 aliphatic rings. The number of halogens is 3. The van der Waals surface area contributed by atoms with Crippen LogP contribution < -0.4 is 10.2 Å². The molecule has 0 radical (unpaired) electrons. The van der Waals surface area contributed by atoms with Crippen molar-refractivity contribution in [2.24, 2.45) is 0 Å². The fraction of sp³-hybridized carbons (Fsp3) is 0.316. The van der Waals surface area contributed by atoms with Gasteiger partial charge in [0.05, 0.1) is 35.1 Å². The number of carbonyl (C=O) groups excluding carboxylic acids is 1. The number of benzene rings is 2. The number of hydrogen-bond donors (Lipinski definition) is 1. The molecule has 0 unspecified atom stereocenters. The molecule has 0 aliphatic carbocycles. The summed E-state index contributed by atoms with van der Waals surface area (Å²) in [7, 11) is 0. The largest absolute Gasteiger partial charge is 0.416 e. The van der Waals surface area contributed by atoms with E-state index in [2.05, 4.69) is 5.32 Å². The second kappa shape index (κ2) is 8.08. The zero-order valence-electron chi connectivity index (χ0n) is 15.5. The number of morpholine rings is 1. The van der Waals surface area contributed by atoms with Crippen LogP contribution in [0.4, 0.5) is 30.2 Å². The molecule has 154 valence electrons. The predicted octanol–water partition coefficient (Wildman–Crippen LogP) is 4.01. The molecule has 3 rings (SSSR count). The first-order chi connectivity index (χ1) is 13.7. The van der Waals surface area contributed by atoms with Gasteiger partial charge in [-0.3, -0.25) is 14.9 Å². The second-order valence-electron chi connectivity index (χ2n) is 6.54. The molecule has 1 fully saturated rings. The van der Waals surface area contributed by atoms with Crippen molar-refractivity contribution in [3.05, 3.63) is 63.2 Å². The van der Waals surface area contributed by atoms with E-state index >= 15 is 0 Å². The van der Waals surface area contributed by atoms with Crippen LogP contribution in [0.3, 0.4) is 0 Å². The Morgan fingerprint density at radius 1 is 1.17 bits per heavy atom. The third-order valence-corrected chi connectivity index (χ3v) is 4.59. The molecular weight excluding hydrogens is 391 g/mol. The van der Waals surface area contributed by atoms with E-state index in [4.69, 9.17) is 4.74 Å². The van der Waals surface area contributed by atoms with Gasteiger partial charge in [0.2, 0.25) is 0 Å². The van der Waals surface area contributed by atoms with Crippen molar-refractivity contribution in [2.75, 3.05) is 36.5 Å². The standard InChI is InChI=1S/C19H18F3N3O4/c1-12-2-3-13(10-17(12)25(27)28)18(26)23-15-11-14(19(20,21)22)4-5-16(15)24-6-8-29-9-7-24/h2-5,10-11H,6-9H2,1H3,(H,23,26). The summed E-state index contributed by atoms with van der Waals surface area (Å²) in [5.74, 6) is -0.734. The smallest absolute Gasteiger partial charge is 0.378 e. The van der Waals surface area contributed by atoms with Crippen molar-refractivity contribution in [1.29, 1.82) is 0 Å². The van der Waals surface area contributed by atoms with Crippen molar-refractivity contribution < 1.29 is 27.6 Å². The number of rotatable bonds is 4. The third-order valence-electron chi connectivity index (χ3n) is 4.59. The van der Waals surface area contributed by atoms with Gasteiger partial charge in [-0.25, -0.2) is 0 Å². The number of ether oxygens (including phenoxy) is 1. The summed E-state index contributed by atoms with van der Waals surface area (Å²) in [5, 5.41) is 13.6. The molecule has 1 N–H and O–H groups in total. The number of anilines is 2. The van der Waals surface area contributed by atoms with E-state index in [0.29, 0.717) is 37.6 Å². The molecular formula is C19H18F3N3O4. The normalized spacial score (nSPS) is 14.6. The van der Waals surface area contributed by atoms with E-state index in [1.165, 1.54) is 25.1 Å². The Balaban J connectivity index is 1.96.